The van der Waals surface area contributed by atoms with Gasteiger partial charge in [-0.2, -0.15) is 0 Å². The molecule has 7 heteroatoms. The molecule has 1 aromatic rings. The molecule has 2 rings (SSSR count). The summed E-state index contributed by atoms with van der Waals surface area (Å²) in [5.41, 5.74) is 5.10. The van der Waals surface area contributed by atoms with Gasteiger partial charge in [-0.1, -0.05) is 30.9 Å². The van der Waals surface area contributed by atoms with Gasteiger partial charge in [-0.05, 0) is 31.0 Å². The molecule has 1 aliphatic carbocycles. The van der Waals surface area contributed by atoms with E-state index in [9.17, 15) is 13.5 Å². The quantitative estimate of drug-likeness (QED) is 0.739. The molecule has 0 amide bonds. The highest BCUT2D eigenvalue weighted by atomic mass is 35.5. The number of nitrogen functional groups attached to an aromatic ring is 1. The van der Waals surface area contributed by atoms with Crippen molar-refractivity contribution in [3.8, 4) is 0 Å². The predicted octanol–water partition coefficient (Wildman–Crippen LogP) is 1.90. The van der Waals surface area contributed by atoms with E-state index < -0.39 is 15.6 Å². The Bertz CT molecular complexity index is 583. The van der Waals surface area contributed by atoms with E-state index in [1.165, 1.54) is 18.2 Å². The number of hydrogen-bond donors (Lipinski definition) is 3. The summed E-state index contributed by atoms with van der Waals surface area (Å²) in [5, 5.41) is 9.90. The molecule has 1 saturated carbocycles. The lowest BCUT2D eigenvalue weighted by Crippen LogP contribution is -2.52. The van der Waals surface area contributed by atoms with Crippen LogP contribution in [0.15, 0.2) is 23.1 Å². The van der Waals surface area contributed by atoms with Gasteiger partial charge in [-0.3, -0.25) is 0 Å². The van der Waals surface area contributed by atoms with Gasteiger partial charge in [0.15, 0.2) is 0 Å². The molecule has 1 aliphatic rings. The lowest BCUT2D eigenvalue weighted by atomic mass is 9.83. The third-order valence-corrected chi connectivity index (χ3v) is 5.66. The molecule has 0 unspecified atom stereocenters. The highest BCUT2D eigenvalue weighted by molar-refractivity contribution is 7.89. The van der Waals surface area contributed by atoms with Crippen LogP contribution in [-0.4, -0.2) is 25.7 Å². The van der Waals surface area contributed by atoms with Crippen molar-refractivity contribution in [3.05, 3.63) is 23.2 Å². The van der Waals surface area contributed by atoms with Crippen molar-refractivity contribution in [2.45, 2.75) is 42.5 Å². The Morgan fingerprint density at radius 1 is 1.30 bits per heavy atom. The summed E-state index contributed by atoms with van der Waals surface area (Å²) < 4.78 is 27.5. The Hall–Kier alpha value is -0.820. The highest BCUT2D eigenvalue weighted by Gasteiger charge is 2.36. The van der Waals surface area contributed by atoms with Crippen LogP contribution in [0.1, 0.15) is 32.1 Å². The minimum Gasteiger partial charge on any atom is -0.397 e. The molecule has 0 radical (unpaired) electrons. The van der Waals surface area contributed by atoms with Gasteiger partial charge in [-0.25, -0.2) is 13.1 Å². The summed E-state index contributed by atoms with van der Waals surface area (Å²) in [7, 11) is -3.72. The number of aliphatic hydroxyl groups is 1. The molecule has 5 nitrogen and oxygen atoms in total. The highest BCUT2D eigenvalue weighted by Crippen LogP contribution is 2.30. The first-order chi connectivity index (χ1) is 9.38. The molecule has 0 saturated heterocycles. The number of halogens is 1. The van der Waals surface area contributed by atoms with Gasteiger partial charge in [0.05, 0.1) is 27.8 Å². The van der Waals surface area contributed by atoms with E-state index in [1.54, 1.807) is 0 Å². The largest absolute Gasteiger partial charge is 0.397 e. The molecular weight excluding hydrogens is 300 g/mol. The van der Waals surface area contributed by atoms with Crippen molar-refractivity contribution in [1.29, 1.82) is 0 Å². The number of sulfonamides is 1. The van der Waals surface area contributed by atoms with E-state index in [2.05, 4.69) is 4.72 Å². The van der Waals surface area contributed by atoms with Crippen molar-refractivity contribution < 1.29 is 13.5 Å². The first kappa shape index (κ1) is 15.6. The van der Waals surface area contributed by atoms with Crippen LogP contribution in [0.5, 0.6) is 0 Å². The van der Waals surface area contributed by atoms with Crippen LogP contribution < -0.4 is 10.5 Å². The van der Waals surface area contributed by atoms with Crippen LogP contribution in [0.25, 0.3) is 0 Å². The fourth-order valence-electron chi connectivity index (χ4n) is 2.55. The summed E-state index contributed by atoms with van der Waals surface area (Å²) in [4.78, 5) is 0.0674. The third-order valence-electron chi connectivity index (χ3n) is 3.74. The molecule has 0 aliphatic heterocycles. The average molecular weight is 319 g/mol. The van der Waals surface area contributed by atoms with Gasteiger partial charge >= 0.3 is 0 Å². The Morgan fingerprint density at radius 3 is 2.50 bits per heavy atom. The monoisotopic (exact) mass is 318 g/mol. The Balaban J connectivity index is 2.27. The predicted molar refractivity (Wildman–Crippen MR) is 79.1 cm³/mol. The molecule has 1 fully saturated rings. The zero-order chi connectivity index (χ0) is 14.8. The molecule has 20 heavy (non-hydrogen) atoms. The van der Waals surface area contributed by atoms with Gasteiger partial charge in [-0.15, -0.1) is 0 Å². The van der Waals surface area contributed by atoms with E-state index >= 15 is 0 Å². The number of anilines is 1. The molecule has 0 aromatic heterocycles. The number of rotatable bonds is 4. The van der Waals surface area contributed by atoms with E-state index in [-0.39, 0.29) is 17.2 Å². The summed E-state index contributed by atoms with van der Waals surface area (Å²) in [6.07, 6.45) is 4.17. The Morgan fingerprint density at radius 2 is 1.95 bits per heavy atom. The van der Waals surface area contributed by atoms with E-state index in [0.717, 1.165) is 19.3 Å². The maximum atomic E-state index is 12.4. The molecule has 1 aromatic carbocycles. The third kappa shape index (κ3) is 3.25. The van der Waals surface area contributed by atoms with Crippen LogP contribution in [0.3, 0.4) is 0 Å². The Labute approximate surface area is 124 Å². The first-order valence-corrected chi connectivity index (χ1v) is 8.45. The fourth-order valence-corrected chi connectivity index (χ4v) is 4.16. The lowest BCUT2D eigenvalue weighted by molar-refractivity contribution is 0.142. The first-order valence-electron chi connectivity index (χ1n) is 6.58. The van der Waals surface area contributed by atoms with Crippen molar-refractivity contribution in [1.82, 2.24) is 4.72 Å². The van der Waals surface area contributed by atoms with Crippen molar-refractivity contribution >= 4 is 27.3 Å². The molecule has 0 atom stereocenters. The summed E-state index contributed by atoms with van der Waals surface area (Å²) >= 11 is 5.80. The van der Waals surface area contributed by atoms with Gasteiger partial charge in [0.1, 0.15) is 0 Å². The van der Waals surface area contributed by atoms with E-state index in [4.69, 9.17) is 17.3 Å². The van der Waals surface area contributed by atoms with E-state index in [0.29, 0.717) is 17.9 Å². The van der Waals surface area contributed by atoms with E-state index in [1.807, 2.05) is 0 Å². The maximum absolute atomic E-state index is 12.4. The normalized spacial score (nSPS) is 18.9. The number of nitrogens with one attached hydrogen (secondary N) is 1. The number of hydrogen-bond acceptors (Lipinski definition) is 4. The van der Waals surface area contributed by atoms with Crippen LogP contribution in [0, 0.1) is 0 Å². The number of nitrogens with two attached hydrogens (primary N) is 1. The topological polar surface area (TPSA) is 92.4 Å². The fraction of sp³-hybridized carbons (Fsp3) is 0.538. The minimum atomic E-state index is -3.72. The SMILES string of the molecule is Nc1cc(S(=O)(=O)NC2(CO)CCCCC2)ccc1Cl. The number of benzene rings is 1. The molecule has 4 N–H and O–H groups in total. The summed E-state index contributed by atoms with van der Waals surface area (Å²) in [6, 6.07) is 4.20. The maximum Gasteiger partial charge on any atom is 0.241 e. The smallest absolute Gasteiger partial charge is 0.241 e. The second kappa shape index (κ2) is 5.89. The zero-order valence-corrected chi connectivity index (χ0v) is 12.7. The second-order valence-corrected chi connectivity index (χ2v) is 7.38. The van der Waals surface area contributed by atoms with Crippen molar-refractivity contribution in [2.24, 2.45) is 0 Å². The zero-order valence-electron chi connectivity index (χ0n) is 11.1. The van der Waals surface area contributed by atoms with Crippen LogP contribution in [0.4, 0.5) is 5.69 Å². The van der Waals surface area contributed by atoms with Crippen LogP contribution in [0.2, 0.25) is 5.02 Å². The summed E-state index contributed by atoms with van der Waals surface area (Å²) in [6.45, 7) is -0.199. The average Bonchev–Trinajstić information content (AvgIpc) is 2.42. The van der Waals surface area contributed by atoms with Gasteiger partial charge < -0.3 is 10.8 Å². The molecular formula is C13H19ClN2O3S. The van der Waals surface area contributed by atoms with Gasteiger partial charge in [0, 0.05) is 0 Å². The minimum absolute atomic E-state index is 0.0674. The lowest BCUT2D eigenvalue weighted by Gasteiger charge is -2.36. The Kier molecular flexibility index (Phi) is 4.59. The molecule has 0 bridgehead atoms. The number of aliphatic hydroxyl groups excluding tert-OH is 1. The molecule has 0 heterocycles. The summed E-state index contributed by atoms with van der Waals surface area (Å²) in [5.74, 6) is 0. The molecule has 112 valence electrons. The second-order valence-electron chi connectivity index (χ2n) is 5.29. The molecule has 0 spiro atoms. The van der Waals surface area contributed by atoms with Crippen LogP contribution >= 0.6 is 11.6 Å². The van der Waals surface area contributed by atoms with Gasteiger partial charge in [0.2, 0.25) is 10.0 Å². The van der Waals surface area contributed by atoms with Crippen molar-refractivity contribution in [2.75, 3.05) is 12.3 Å². The van der Waals surface area contributed by atoms with Gasteiger partial charge in [0.25, 0.3) is 0 Å². The standard InChI is InChI=1S/C13H19ClN2O3S/c14-11-5-4-10(8-12(11)15)20(18,19)16-13(9-17)6-2-1-3-7-13/h4-5,8,16-17H,1-3,6-7,9,15H2. The van der Waals surface area contributed by atoms with Crippen LogP contribution in [-0.2, 0) is 10.0 Å². The van der Waals surface area contributed by atoms with Crippen molar-refractivity contribution in [3.63, 3.8) is 0 Å².